The molecule has 1 heterocycles. The summed E-state index contributed by atoms with van der Waals surface area (Å²) in [6, 6.07) is 4.86. The fraction of sp³-hybridized carbons (Fsp3) is 0.500. The molecule has 0 spiro atoms. The van der Waals surface area contributed by atoms with Gasteiger partial charge in [0.05, 0.1) is 4.90 Å². The highest BCUT2D eigenvalue weighted by atomic mass is 32.2. The predicted molar refractivity (Wildman–Crippen MR) is 66.9 cm³/mol. The van der Waals surface area contributed by atoms with Gasteiger partial charge in [0.25, 0.3) is 0 Å². The third-order valence-corrected chi connectivity index (χ3v) is 5.35. The van der Waals surface area contributed by atoms with Gasteiger partial charge in [-0.1, -0.05) is 0 Å². The Morgan fingerprint density at radius 2 is 2.00 bits per heavy atom. The molecule has 1 aliphatic rings. The Balaban J connectivity index is 2.29. The van der Waals surface area contributed by atoms with Crippen LogP contribution in [0.15, 0.2) is 29.2 Å². The van der Waals surface area contributed by atoms with Gasteiger partial charge < -0.3 is 5.73 Å². The van der Waals surface area contributed by atoms with E-state index >= 15 is 0 Å². The maximum Gasteiger partial charge on any atom is 0.243 e. The highest BCUT2D eigenvalue weighted by Gasteiger charge is 2.37. The van der Waals surface area contributed by atoms with Crippen LogP contribution in [0, 0.1) is 11.7 Å². The van der Waals surface area contributed by atoms with Crippen molar-refractivity contribution in [2.24, 2.45) is 11.7 Å². The monoisotopic (exact) mass is 272 g/mol. The van der Waals surface area contributed by atoms with Crippen LogP contribution in [0.3, 0.4) is 0 Å². The fourth-order valence-electron chi connectivity index (χ4n) is 2.36. The number of hydrogen-bond acceptors (Lipinski definition) is 3. The zero-order valence-corrected chi connectivity index (χ0v) is 11.0. The Hall–Kier alpha value is -0.980. The molecule has 0 aliphatic carbocycles. The van der Waals surface area contributed by atoms with Crippen molar-refractivity contribution in [3.8, 4) is 0 Å². The normalized spacial score (nSPS) is 25.5. The van der Waals surface area contributed by atoms with E-state index in [4.69, 9.17) is 5.73 Å². The van der Waals surface area contributed by atoms with E-state index in [1.165, 1.54) is 16.4 Å². The van der Waals surface area contributed by atoms with Crippen LogP contribution in [0.25, 0.3) is 0 Å². The van der Waals surface area contributed by atoms with Crippen LogP contribution in [-0.4, -0.2) is 31.9 Å². The Labute approximate surface area is 107 Å². The predicted octanol–water partition coefficient (Wildman–Crippen LogP) is 1.18. The van der Waals surface area contributed by atoms with Crippen LogP contribution in [0.2, 0.25) is 0 Å². The first kappa shape index (κ1) is 13.5. The van der Waals surface area contributed by atoms with Crippen molar-refractivity contribution < 1.29 is 12.8 Å². The summed E-state index contributed by atoms with van der Waals surface area (Å²) in [6.45, 7) is 2.80. The molecule has 1 aromatic rings. The van der Waals surface area contributed by atoms with E-state index in [9.17, 15) is 12.8 Å². The first-order chi connectivity index (χ1) is 8.45. The lowest BCUT2D eigenvalue weighted by atomic mass is 10.1. The summed E-state index contributed by atoms with van der Waals surface area (Å²) < 4.78 is 39.0. The average molecular weight is 272 g/mol. The van der Waals surface area contributed by atoms with Crippen molar-refractivity contribution in [1.29, 1.82) is 0 Å². The Kier molecular flexibility index (Phi) is 3.70. The number of nitrogens with zero attached hydrogens (tertiary/aromatic N) is 1. The second-order valence-electron chi connectivity index (χ2n) is 4.72. The van der Waals surface area contributed by atoms with Gasteiger partial charge >= 0.3 is 0 Å². The second kappa shape index (κ2) is 4.95. The molecule has 1 aromatic carbocycles. The molecule has 2 unspecified atom stereocenters. The van der Waals surface area contributed by atoms with E-state index in [2.05, 4.69) is 0 Å². The molecule has 2 rings (SSSR count). The van der Waals surface area contributed by atoms with Gasteiger partial charge in [-0.25, -0.2) is 12.8 Å². The van der Waals surface area contributed by atoms with Crippen LogP contribution in [0.1, 0.15) is 13.3 Å². The highest BCUT2D eigenvalue weighted by molar-refractivity contribution is 7.89. The summed E-state index contributed by atoms with van der Waals surface area (Å²) in [5.41, 5.74) is 5.59. The SMILES string of the molecule is CC1CC(CN)CN1S(=O)(=O)c1ccc(F)cc1. The Bertz CT molecular complexity index is 515. The van der Waals surface area contributed by atoms with Crippen molar-refractivity contribution in [3.63, 3.8) is 0 Å². The van der Waals surface area contributed by atoms with Crippen molar-refractivity contribution in [1.82, 2.24) is 4.31 Å². The van der Waals surface area contributed by atoms with Crippen molar-refractivity contribution in [3.05, 3.63) is 30.1 Å². The zero-order chi connectivity index (χ0) is 13.3. The minimum absolute atomic E-state index is 0.0615. The van der Waals surface area contributed by atoms with Crippen molar-refractivity contribution >= 4 is 10.0 Å². The minimum atomic E-state index is -3.54. The number of sulfonamides is 1. The molecule has 2 atom stereocenters. The van der Waals surface area contributed by atoms with E-state index in [1.54, 1.807) is 0 Å². The zero-order valence-electron chi connectivity index (χ0n) is 10.2. The molecular formula is C12H17FN2O2S. The van der Waals surface area contributed by atoms with Gasteiger partial charge in [0.15, 0.2) is 0 Å². The van der Waals surface area contributed by atoms with Crippen LogP contribution >= 0.6 is 0 Å². The topological polar surface area (TPSA) is 63.4 Å². The Morgan fingerprint density at radius 3 is 2.50 bits per heavy atom. The van der Waals surface area contributed by atoms with Gasteiger partial charge in [0.1, 0.15) is 5.82 Å². The van der Waals surface area contributed by atoms with Gasteiger partial charge in [-0.05, 0) is 50.1 Å². The molecule has 0 radical (unpaired) electrons. The molecule has 0 bridgehead atoms. The Morgan fingerprint density at radius 1 is 1.39 bits per heavy atom. The van der Waals surface area contributed by atoms with Crippen molar-refractivity contribution in [2.75, 3.05) is 13.1 Å². The summed E-state index contributed by atoms with van der Waals surface area (Å²) in [7, 11) is -3.54. The van der Waals surface area contributed by atoms with Gasteiger partial charge in [-0.2, -0.15) is 4.31 Å². The molecule has 0 saturated carbocycles. The molecule has 1 saturated heterocycles. The molecule has 18 heavy (non-hydrogen) atoms. The first-order valence-corrected chi connectivity index (χ1v) is 7.36. The molecule has 0 aromatic heterocycles. The number of benzene rings is 1. The molecule has 4 nitrogen and oxygen atoms in total. The fourth-order valence-corrected chi connectivity index (χ4v) is 4.07. The highest BCUT2D eigenvalue weighted by Crippen LogP contribution is 2.28. The summed E-state index contributed by atoms with van der Waals surface area (Å²) in [4.78, 5) is 0.133. The van der Waals surface area contributed by atoms with Gasteiger partial charge in [0, 0.05) is 12.6 Å². The van der Waals surface area contributed by atoms with Crippen LogP contribution in [0.4, 0.5) is 4.39 Å². The smallest absolute Gasteiger partial charge is 0.243 e. The summed E-state index contributed by atoms with van der Waals surface area (Å²) in [5.74, 6) is -0.238. The van der Waals surface area contributed by atoms with Crippen LogP contribution < -0.4 is 5.73 Å². The molecule has 0 amide bonds. The van der Waals surface area contributed by atoms with Crippen molar-refractivity contribution in [2.45, 2.75) is 24.3 Å². The summed E-state index contributed by atoms with van der Waals surface area (Å²) >= 11 is 0. The second-order valence-corrected chi connectivity index (χ2v) is 6.61. The summed E-state index contributed by atoms with van der Waals surface area (Å²) in [5, 5.41) is 0. The maximum absolute atomic E-state index is 12.8. The number of nitrogens with two attached hydrogens (primary N) is 1. The van der Waals surface area contributed by atoms with E-state index in [1.807, 2.05) is 6.92 Å². The van der Waals surface area contributed by atoms with Crippen LogP contribution in [-0.2, 0) is 10.0 Å². The van der Waals surface area contributed by atoms with Gasteiger partial charge in [-0.15, -0.1) is 0 Å². The van der Waals surface area contributed by atoms with E-state index in [-0.39, 0.29) is 16.9 Å². The third kappa shape index (κ3) is 2.41. The van der Waals surface area contributed by atoms with E-state index in [0.29, 0.717) is 13.1 Å². The third-order valence-electron chi connectivity index (χ3n) is 3.36. The minimum Gasteiger partial charge on any atom is -0.330 e. The molecule has 6 heteroatoms. The molecule has 2 N–H and O–H groups in total. The number of rotatable bonds is 3. The van der Waals surface area contributed by atoms with Gasteiger partial charge in [0.2, 0.25) is 10.0 Å². The molecule has 100 valence electrons. The van der Waals surface area contributed by atoms with E-state index in [0.717, 1.165) is 18.6 Å². The molecule has 1 fully saturated rings. The lowest BCUT2D eigenvalue weighted by Crippen LogP contribution is -2.34. The average Bonchev–Trinajstić information content (AvgIpc) is 2.72. The number of hydrogen-bond donors (Lipinski definition) is 1. The van der Waals surface area contributed by atoms with Gasteiger partial charge in [-0.3, -0.25) is 0 Å². The molecule has 1 aliphatic heterocycles. The largest absolute Gasteiger partial charge is 0.330 e. The molecular weight excluding hydrogens is 255 g/mol. The summed E-state index contributed by atoms with van der Waals surface area (Å²) in [6.07, 6.45) is 0.775. The maximum atomic E-state index is 12.8. The lowest BCUT2D eigenvalue weighted by molar-refractivity contribution is 0.404. The van der Waals surface area contributed by atoms with E-state index < -0.39 is 15.8 Å². The lowest BCUT2D eigenvalue weighted by Gasteiger charge is -2.20. The quantitative estimate of drug-likeness (QED) is 0.898. The first-order valence-electron chi connectivity index (χ1n) is 5.92. The number of halogens is 1. The standard InChI is InChI=1S/C12H17FN2O2S/c1-9-6-10(7-14)8-15(9)18(16,17)12-4-2-11(13)3-5-12/h2-5,9-10H,6-8,14H2,1H3. The van der Waals surface area contributed by atoms with Crippen LogP contribution in [0.5, 0.6) is 0 Å².